The Balaban J connectivity index is 2.38. The molecular weight excluding hydrogens is 255 g/mol. The number of benzene rings is 1. The summed E-state index contributed by atoms with van der Waals surface area (Å²) < 4.78 is 39.5. The van der Waals surface area contributed by atoms with E-state index in [9.17, 15) is 13.2 Å². The first-order chi connectivity index (χ1) is 8.86. The lowest BCUT2D eigenvalue weighted by atomic mass is 10.1. The average Bonchev–Trinajstić information content (AvgIpc) is 2.63. The Bertz CT molecular complexity index is 787. The molecule has 0 saturated heterocycles. The van der Waals surface area contributed by atoms with E-state index >= 15 is 0 Å². The van der Waals surface area contributed by atoms with E-state index in [2.05, 4.69) is 9.97 Å². The number of imidazole rings is 1. The number of halogens is 3. The van der Waals surface area contributed by atoms with E-state index in [0.717, 1.165) is 15.5 Å². The van der Waals surface area contributed by atoms with Crippen LogP contribution in [-0.2, 0) is 13.2 Å². The maximum absolute atomic E-state index is 12.8. The maximum Gasteiger partial charge on any atom is 0.449 e. The Morgan fingerprint density at radius 3 is 2.53 bits per heavy atom. The fraction of sp³-hybridized carbons (Fsp3) is 0.231. The van der Waals surface area contributed by atoms with Crippen LogP contribution in [0.1, 0.15) is 11.4 Å². The molecule has 0 spiro atoms. The lowest BCUT2D eigenvalue weighted by molar-refractivity contribution is -0.146. The van der Waals surface area contributed by atoms with E-state index in [-0.39, 0.29) is 0 Å². The molecule has 0 aliphatic carbocycles. The molecular formula is C13H10F3N3. The molecule has 3 rings (SSSR count). The number of pyridine rings is 1. The van der Waals surface area contributed by atoms with Gasteiger partial charge >= 0.3 is 6.18 Å². The largest absolute Gasteiger partial charge is 0.449 e. The molecule has 2 heterocycles. The van der Waals surface area contributed by atoms with Crippen molar-refractivity contribution in [3.8, 4) is 0 Å². The van der Waals surface area contributed by atoms with Crippen LogP contribution in [0.15, 0.2) is 24.4 Å². The molecule has 0 saturated carbocycles. The van der Waals surface area contributed by atoms with Crippen molar-refractivity contribution in [3.63, 3.8) is 0 Å². The molecule has 0 unspecified atom stereocenters. The average molecular weight is 265 g/mol. The Kier molecular flexibility index (Phi) is 2.32. The quantitative estimate of drug-likeness (QED) is 0.623. The SMILES string of the molecule is Cc1cnc2cc3c(cc2c1)nc(C(F)(F)F)n3C. The topological polar surface area (TPSA) is 30.7 Å². The predicted molar refractivity (Wildman–Crippen MR) is 65.8 cm³/mol. The number of nitrogens with zero attached hydrogens (tertiary/aromatic N) is 3. The maximum atomic E-state index is 12.8. The minimum atomic E-state index is -4.46. The summed E-state index contributed by atoms with van der Waals surface area (Å²) in [5.74, 6) is -0.894. The molecule has 0 radical (unpaired) electrons. The molecule has 2 aromatic heterocycles. The lowest BCUT2D eigenvalue weighted by Gasteiger charge is -2.05. The van der Waals surface area contributed by atoms with Gasteiger partial charge in [0.1, 0.15) is 0 Å². The second-order valence-electron chi connectivity index (χ2n) is 4.54. The fourth-order valence-corrected chi connectivity index (χ4v) is 2.18. The predicted octanol–water partition coefficient (Wildman–Crippen LogP) is 3.45. The van der Waals surface area contributed by atoms with Gasteiger partial charge in [0.05, 0.1) is 16.6 Å². The molecule has 0 amide bonds. The fourth-order valence-electron chi connectivity index (χ4n) is 2.18. The number of fused-ring (bicyclic) bond motifs is 2. The molecule has 1 aromatic carbocycles. The number of rotatable bonds is 0. The van der Waals surface area contributed by atoms with Gasteiger partial charge in [0.15, 0.2) is 0 Å². The Labute approximate surface area is 106 Å². The first-order valence-electron chi connectivity index (χ1n) is 5.66. The minimum absolute atomic E-state index is 0.328. The van der Waals surface area contributed by atoms with Gasteiger partial charge in [-0.1, -0.05) is 0 Å². The molecule has 0 bridgehead atoms. The van der Waals surface area contributed by atoms with Crippen molar-refractivity contribution < 1.29 is 13.2 Å². The van der Waals surface area contributed by atoms with Crippen LogP contribution < -0.4 is 0 Å². The molecule has 0 fully saturated rings. The molecule has 6 heteroatoms. The van der Waals surface area contributed by atoms with Gasteiger partial charge in [-0.3, -0.25) is 4.98 Å². The highest BCUT2D eigenvalue weighted by atomic mass is 19.4. The zero-order valence-electron chi connectivity index (χ0n) is 10.3. The summed E-state index contributed by atoms with van der Waals surface area (Å²) in [7, 11) is 1.36. The van der Waals surface area contributed by atoms with Crippen molar-refractivity contribution in [1.82, 2.24) is 14.5 Å². The van der Waals surface area contributed by atoms with Gasteiger partial charge in [0.25, 0.3) is 0 Å². The van der Waals surface area contributed by atoms with E-state index < -0.39 is 12.0 Å². The number of aromatic nitrogens is 3. The van der Waals surface area contributed by atoms with Gasteiger partial charge in [0.2, 0.25) is 5.82 Å². The number of hydrogen-bond donors (Lipinski definition) is 0. The molecule has 0 N–H and O–H groups in total. The van der Waals surface area contributed by atoms with Crippen molar-refractivity contribution in [2.24, 2.45) is 7.05 Å². The van der Waals surface area contributed by atoms with Crippen LogP contribution >= 0.6 is 0 Å². The first-order valence-corrected chi connectivity index (χ1v) is 5.66. The van der Waals surface area contributed by atoms with Gasteiger partial charge in [0, 0.05) is 18.6 Å². The standard InChI is InChI=1S/C13H10F3N3/c1-7-3-8-4-10-11(5-9(8)17-6-7)19(2)12(18-10)13(14,15)16/h3-6H,1-2H3. The van der Waals surface area contributed by atoms with Gasteiger partial charge < -0.3 is 4.57 Å². The van der Waals surface area contributed by atoms with Crippen molar-refractivity contribution >= 4 is 21.9 Å². The lowest BCUT2D eigenvalue weighted by Crippen LogP contribution is -2.12. The Hall–Kier alpha value is -2.11. The highest BCUT2D eigenvalue weighted by Crippen LogP contribution is 2.31. The van der Waals surface area contributed by atoms with Crippen LogP contribution in [0.2, 0.25) is 0 Å². The Morgan fingerprint density at radius 2 is 1.84 bits per heavy atom. The molecule has 98 valence electrons. The number of alkyl halides is 3. The smallest absolute Gasteiger partial charge is 0.323 e. The zero-order chi connectivity index (χ0) is 13.8. The van der Waals surface area contributed by atoms with Crippen molar-refractivity contribution in [3.05, 3.63) is 35.8 Å². The third-order valence-corrected chi connectivity index (χ3v) is 3.07. The summed E-state index contributed by atoms with van der Waals surface area (Å²) in [6.07, 6.45) is -2.77. The highest BCUT2D eigenvalue weighted by molar-refractivity contribution is 5.93. The third kappa shape index (κ3) is 1.83. The van der Waals surface area contributed by atoms with Crippen LogP contribution in [0.4, 0.5) is 13.2 Å². The van der Waals surface area contributed by atoms with Gasteiger partial charge in [-0.05, 0) is 30.7 Å². The number of aryl methyl sites for hydroxylation is 2. The van der Waals surface area contributed by atoms with Crippen molar-refractivity contribution in [2.75, 3.05) is 0 Å². The molecule has 0 aliphatic rings. The van der Waals surface area contributed by atoms with E-state index in [1.54, 1.807) is 18.3 Å². The van der Waals surface area contributed by atoms with E-state index in [1.807, 2.05) is 13.0 Å². The molecule has 3 nitrogen and oxygen atoms in total. The van der Waals surface area contributed by atoms with E-state index in [0.29, 0.717) is 16.6 Å². The molecule has 19 heavy (non-hydrogen) atoms. The van der Waals surface area contributed by atoms with Crippen LogP contribution in [0.5, 0.6) is 0 Å². The van der Waals surface area contributed by atoms with Crippen LogP contribution in [0.3, 0.4) is 0 Å². The molecule has 0 aliphatic heterocycles. The molecule has 3 aromatic rings. The van der Waals surface area contributed by atoms with E-state index in [4.69, 9.17) is 0 Å². The van der Waals surface area contributed by atoms with Gasteiger partial charge in [-0.25, -0.2) is 4.98 Å². The first kappa shape index (κ1) is 12.0. The normalized spacial score (nSPS) is 12.5. The zero-order valence-corrected chi connectivity index (χ0v) is 10.3. The summed E-state index contributed by atoms with van der Waals surface area (Å²) in [4.78, 5) is 7.89. The van der Waals surface area contributed by atoms with Crippen LogP contribution in [0, 0.1) is 6.92 Å². The second-order valence-corrected chi connectivity index (χ2v) is 4.54. The third-order valence-electron chi connectivity index (χ3n) is 3.07. The Morgan fingerprint density at radius 1 is 1.11 bits per heavy atom. The molecule has 0 atom stereocenters. The van der Waals surface area contributed by atoms with Crippen LogP contribution in [-0.4, -0.2) is 14.5 Å². The summed E-state index contributed by atoms with van der Waals surface area (Å²) in [5, 5.41) is 0.791. The van der Waals surface area contributed by atoms with E-state index in [1.165, 1.54) is 7.05 Å². The highest BCUT2D eigenvalue weighted by Gasteiger charge is 2.36. The number of hydrogen-bond acceptors (Lipinski definition) is 2. The van der Waals surface area contributed by atoms with Crippen LogP contribution in [0.25, 0.3) is 21.9 Å². The second kappa shape index (κ2) is 3.69. The summed E-state index contributed by atoms with van der Waals surface area (Å²) in [6.45, 7) is 1.89. The van der Waals surface area contributed by atoms with Gasteiger partial charge in [-0.15, -0.1) is 0 Å². The van der Waals surface area contributed by atoms with Crippen molar-refractivity contribution in [2.45, 2.75) is 13.1 Å². The van der Waals surface area contributed by atoms with Gasteiger partial charge in [-0.2, -0.15) is 13.2 Å². The van der Waals surface area contributed by atoms with Crippen molar-refractivity contribution in [1.29, 1.82) is 0 Å². The summed E-state index contributed by atoms with van der Waals surface area (Å²) in [6, 6.07) is 5.15. The summed E-state index contributed by atoms with van der Waals surface area (Å²) >= 11 is 0. The monoisotopic (exact) mass is 265 g/mol. The minimum Gasteiger partial charge on any atom is -0.323 e. The summed E-state index contributed by atoms with van der Waals surface area (Å²) in [5.41, 5.74) is 2.37.